The third-order valence-electron chi connectivity index (χ3n) is 5.14. The molecule has 0 aromatic heterocycles. The lowest BCUT2D eigenvalue weighted by Crippen LogP contribution is -3.28. The lowest BCUT2D eigenvalue weighted by molar-refractivity contribution is -1.01. The summed E-state index contributed by atoms with van der Waals surface area (Å²) in [6.45, 7) is 7.58. The fourth-order valence-electron chi connectivity index (χ4n) is 3.59. The van der Waals surface area contributed by atoms with E-state index >= 15 is 0 Å². The van der Waals surface area contributed by atoms with Crippen molar-refractivity contribution in [2.24, 2.45) is 0 Å². The highest BCUT2D eigenvalue weighted by Crippen LogP contribution is 2.10. The summed E-state index contributed by atoms with van der Waals surface area (Å²) < 4.78 is 5.55. The quantitative estimate of drug-likeness (QED) is 0.580. The lowest BCUT2D eigenvalue weighted by atomic mass is 10.2. The van der Waals surface area contributed by atoms with Gasteiger partial charge in [0.05, 0.1) is 12.6 Å². The Morgan fingerprint density at radius 3 is 2.64 bits per heavy atom. The van der Waals surface area contributed by atoms with E-state index in [-0.39, 0.29) is 12.0 Å². The van der Waals surface area contributed by atoms with Gasteiger partial charge in [-0.25, -0.2) is 0 Å². The molecule has 2 fully saturated rings. The molecule has 1 aromatic rings. The number of hydrogen-bond donors (Lipinski definition) is 3. The molecule has 0 unspecified atom stereocenters. The molecule has 2 saturated heterocycles. The molecule has 2 aliphatic rings. The van der Waals surface area contributed by atoms with Crippen molar-refractivity contribution in [3.05, 3.63) is 42.0 Å². The zero-order chi connectivity index (χ0) is 17.3. The van der Waals surface area contributed by atoms with Crippen LogP contribution in [0.2, 0.25) is 0 Å². The van der Waals surface area contributed by atoms with Crippen molar-refractivity contribution in [1.29, 1.82) is 0 Å². The predicted octanol–water partition coefficient (Wildman–Crippen LogP) is -1.22. The summed E-state index contributed by atoms with van der Waals surface area (Å²) in [5, 5.41) is 3.03. The highest BCUT2D eigenvalue weighted by Gasteiger charge is 2.24. The number of ether oxygens (including phenoxy) is 1. The zero-order valence-electron chi connectivity index (χ0n) is 15.0. The number of carbonyl (C=O) groups is 1. The Kier molecular flexibility index (Phi) is 7.03. The van der Waals surface area contributed by atoms with E-state index in [4.69, 9.17) is 4.74 Å². The highest BCUT2D eigenvalue weighted by atomic mass is 16.5. The average Bonchev–Trinajstić information content (AvgIpc) is 3.16. The van der Waals surface area contributed by atoms with E-state index in [0.29, 0.717) is 13.1 Å². The van der Waals surface area contributed by atoms with Crippen molar-refractivity contribution in [3.8, 4) is 0 Å². The molecule has 0 radical (unpaired) electrons. The number of amides is 1. The molecule has 3 N–H and O–H groups in total. The first-order chi connectivity index (χ1) is 12.3. The summed E-state index contributed by atoms with van der Waals surface area (Å²) in [4.78, 5) is 15.1. The summed E-state index contributed by atoms with van der Waals surface area (Å²) >= 11 is 0. The smallest absolute Gasteiger partial charge is 0.275 e. The molecule has 2 aliphatic heterocycles. The second-order valence-electron chi connectivity index (χ2n) is 7.13. The first-order valence-corrected chi connectivity index (χ1v) is 9.56. The molecule has 2 heterocycles. The number of piperazine rings is 1. The minimum Gasteiger partial charge on any atom is -0.376 e. The van der Waals surface area contributed by atoms with Gasteiger partial charge in [-0.3, -0.25) is 4.79 Å². The molecule has 0 saturated carbocycles. The maximum absolute atomic E-state index is 12.1. The van der Waals surface area contributed by atoms with Crippen molar-refractivity contribution < 1.29 is 19.3 Å². The molecule has 1 atom stereocenters. The molecule has 1 amide bonds. The molecule has 5 nitrogen and oxygen atoms in total. The van der Waals surface area contributed by atoms with E-state index in [2.05, 4.69) is 41.7 Å². The number of hydrogen-bond acceptors (Lipinski definition) is 2. The van der Waals surface area contributed by atoms with Crippen LogP contribution in [-0.2, 0) is 9.53 Å². The maximum Gasteiger partial charge on any atom is 0.275 e. The standard InChI is InChI=1S/C20H29N3O2/c24-20(21-16-19-9-5-15-25-19)17-23-13-11-22(12-14-23)10-4-8-18-6-2-1-3-7-18/h1-4,6-8,19H,5,9-17H2,(H,21,24)/p+2/b8-4+/t19-/m1/s1. The normalized spacial score (nSPS) is 26.8. The van der Waals surface area contributed by atoms with Gasteiger partial charge in [0.15, 0.2) is 6.54 Å². The van der Waals surface area contributed by atoms with Crippen LogP contribution >= 0.6 is 0 Å². The number of nitrogens with one attached hydrogen (secondary N) is 3. The monoisotopic (exact) mass is 345 g/mol. The first-order valence-electron chi connectivity index (χ1n) is 9.56. The summed E-state index contributed by atoms with van der Waals surface area (Å²) in [6, 6.07) is 10.4. The maximum atomic E-state index is 12.1. The van der Waals surface area contributed by atoms with Crippen LogP contribution in [-0.4, -0.2) is 64.4 Å². The van der Waals surface area contributed by atoms with Gasteiger partial charge in [-0.15, -0.1) is 0 Å². The van der Waals surface area contributed by atoms with Crippen LogP contribution < -0.4 is 15.1 Å². The molecule has 0 spiro atoms. The molecule has 136 valence electrons. The van der Waals surface area contributed by atoms with E-state index in [0.717, 1.165) is 52.2 Å². The van der Waals surface area contributed by atoms with Gasteiger partial charge in [-0.1, -0.05) is 36.4 Å². The summed E-state index contributed by atoms with van der Waals surface area (Å²) in [6.07, 6.45) is 6.90. The fourth-order valence-corrected chi connectivity index (χ4v) is 3.59. The molecule has 0 bridgehead atoms. The van der Waals surface area contributed by atoms with E-state index < -0.39 is 0 Å². The molecule has 5 heteroatoms. The third-order valence-corrected chi connectivity index (χ3v) is 5.14. The molecule has 25 heavy (non-hydrogen) atoms. The third kappa shape index (κ3) is 6.27. The second kappa shape index (κ2) is 9.70. The molecular formula is C20H31N3O2+2. The predicted molar refractivity (Wildman–Crippen MR) is 98.6 cm³/mol. The van der Waals surface area contributed by atoms with Crippen molar-refractivity contribution in [1.82, 2.24) is 5.32 Å². The number of quaternary nitrogens is 2. The van der Waals surface area contributed by atoms with Crippen molar-refractivity contribution >= 4 is 12.0 Å². The van der Waals surface area contributed by atoms with Gasteiger partial charge in [0.25, 0.3) is 5.91 Å². The Balaban J connectivity index is 1.30. The summed E-state index contributed by atoms with van der Waals surface area (Å²) in [7, 11) is 0. The summed E-state index contributed by atoms with van der Waals surface area (Å²) in [5.74, 6) is 0.165. The minimum absolute atomic E-state index is 0.165. The van der Waals surface area contributed by atoms with E-state index in [1.165, 1.54) is 10.5 Å². The van der Waals surface area contributed by atoms with Gasteiger partial charge in [0, 0.05) is 13.2 Å². The van der Waals surface area contributed by atoms with E-state index in [1.807, 2.05) is 6.07 Å². The Morgan fingerprint density at radius 2 is 1.92 bits per heavy atom. The number of carbonyl (C=O) groups excluding carboxylic acids is 1. The molecule has 0 aliphatic carbocycles. The number of rotatable bonds is 7. The Labute approximate surface area is 150 Å². The van der Waals surface area contributed by atoms with Gasteiger partial charge < -0.3 is 19.9 Å². The topological polar surface area (TPSA) is 47.2 Å². The van der Waals surface area contributed by atoms with Gasteiger partial charge >= 0.3 is 0 Å². The lowest BCUT2D eigenvalue weighted by Gasteiger charge is -2.28. The van der Waals surface area contributed by atoms with Gasteiger partial charge in [0.1, 0.15) is 26.2 Å². The Hall–Kier alpha value is -1.69. The van der Waals surface area contributed by atoms with E-state index in [9.17, 15) is 4.79 Å². The van der Waals surface area contributed by atoms with Crippen LogP contribution in [0.5, 0.6) is 0 Å². The van der Waals surface area contributed by atoms with Crippen molar-refractivity contribution in [2.75, 3.05) is 52.4 Å². The number of benzene rings is 1. The van der Waals surface area contributed by atoms with Crippen molar-refractivity contribution in [3.63, 3.8) is 0 Å². The van der Waals surface area contributed by atoms with Crippen LogP contribution in [0, 0.1) is 0 Å². The van der Waals surface area contributed by atoms with Crippen molar-refractivity contribution in [2.45, 2.75) is 18.9 Å². The molecule has 1 aromatic carbocycles. The molecule has 3 rings (SSSR count). The van der Waals surface area contributed by atoms with Crippen LogP contribution in [0.3, 0.4) is 0 Å². The first kappa shape index (κ1) is 18.1. The zero-order valence-corrected chi connectivity index (χ0v) is 15.0. The Bertz CT molecular complexity index is 547. The van der Waals surface area contributed by atoms with Crippen LogP contribution in [0.25, 0.3) is 6.08 Å². The van der Waals surface area contributed by atoms with Crippen LogP contribution in [0.4, 0.5) is 0 Å². The molecular weight excluding hydrogens is 314 g/mol. The fraction of sp³-hybridized carbons (Fsp3) is 0.550. The van der Waals surface area contributed by atoms with Gasteiger partial charge in [-0.05, 0) is 24.5 Å². The summed E-state index contributed by atoms with van der Waals surface area (Å²) in [5.41, 5.74) is 1.26. The highest BCUT2D eigenvalue weighted by molar-refractivity contribution is 5.76. The minimum atomic E-state index is 0.165. The van der Waals surface area contributed by atoms with Gasteiger partial charge in [-0.2, -0.15) is 0 Å². The van der Waals surface area contributed by atoms with Crippen LogP contribution in [0.15, 0.2) is 36.4 Å². The van der Waals surface area contributed by atoms with E-state index in [1.54, 1.807) is 4.90 Å². The average molecular weight is 345 g/mol. The van der Waals surface area contributed by atoms with Gasteiger partial charge in [0.2, 0.25) is 0 Å². The largest absolute Gasteiger partial charge is 0.376 e. The second-order valence-corrected chi connectivity index (χ2v) is 7.13. The van der Waals surface area contributed by atoms with Crippen LogP contribution in [0.1, 0.15) is 18.4 Å². The Morgan fingerprint density at radius 1 is 1.16 bits per heavy atom. The SMILES string of the molecule is O=C(C[NH+]1CC[NH+](C/C=C/c2ccccc2)CC1)NC[C@H]1CCCO1.